The Morgan fingerprint density at radius 1 is 1.35 bits per heavy atom. The van der Waals surface area contributed by atoms with E-state index in [0.29, 0.717) is 17.9 Å². The second-order valence-corrected chi connectivity index (χ2v) is 5.14. The van der Waals surface area contributed by atoms with E-state index in [1.54, 1.807) is 19.1 Å². The van der Waals surface area contributed by atoms with Gasteiger partial charge in [0.25, 0.3) is 5.91 Å². The van der Waals surface area contributed by atoms with Crippen LogP contribution in [0.5, 0.6) is 0 Å². The summed E-state index contributed by atoms with van der Waals surface area (Å²) in [7, 11) is 0. The molecule has 94 valence electrons. The molecule has 0 spiro atoms. The van der Waals surface area contributed by atoms with Crippen LogP contribution in [-0.4, -0.2) is 23.2 Å². The van der Waals surface area contributed by atoms with Crippen LogP contribution in [0.15, 0.2) is 30.3 Å². The van der Waals surface area contributed by atoms with E-state index in [9.17, 15) is 9.90 Å². The number of hydrogen-bond acceptors (Lipinski definition) is 2. The van der Waals surface area contributed by atoms with E-state index in [1.165, 1.54) is 0 Å². The lowest BCUT2D eigenvalue weighted by Gasteiger charge is -2.25. The standard InChI is InChI=1S/C14H21NO2/c1-11(2)9-14(3,17)10-15-13(16)12-7-5-4-6-8-12/h4-8,11,17H,9-10H2,1-3H3,(H,15,16). The van der Waals surface area contributed by atoms with Crippen LogP contribution in [0.4, 0.5) is 0 Å². The molecule has 1 aromatic carbocycles. The maximum absolute atomic E-state index is 11.8. The van der Waals surface area contributed by atoms with Gasteiger partial charge in [0.1, 0.15) is 0 Å². The fourth-order valence-electron chi connectivity index (χ4n) is 1.91. The number of carbonyl (C=O) groups excluding carboxylic acids is 1. The summed E-state index contributed by atoms with van der Waals surface area (Å²) < 4.78 is 0. The summed E-state index contributed by atoms with van der Waals surface area (Å²) in [6, 6.07) is 9.02. The topological polar surface area (TPSA) is 49.3 Å². The lowest BCUT2D eigenvalue weighted by molar-refractivity contribution is 0.0368. The van der Waals surface area contributed by atoms with Crippen molar-refractivity contribution in [3.05, 3.63) is 35.9 Å². The molecule has 0 radical (unpaired) electrons. The fourth-order valence-corrected chi connectivity index (χ4v) is 1.91. The van der Waals surface area contributed by atoms with Crippen molar-refractivity contribution >= 4 is 5.91 Å². The SMILES string of the molecule is CC(C)CC(C)(O)CNC(=O)c1ccccc1. The molecule has 0 heterocycles. The van der Waals surface area contributed by atoms with Crippen molar-refractivity contribution in [3.8, 4) is 0 Å². The molecule has 1 amide bonds. The van der Waals surface area contributed by atoms with Gasteiger partial charge in [-0.1, -0.05) is 32.0 Å². The second kappa shape index (κ2) is 5.82. The average molecular weight is 235 g/mol. The first-order valence-electron chi connectivity index (χ1n) is 5.96. The fraction of sp³-hybridized carbons (Fsp3) is 0.500. The van der Waals surface area contributed by atoms with Crippen molar-refractivity contribution in [2.24, 2.45) is 5.92 Å². The van der Waals surface area contributed by atoms with E-state index in [4.69, 9.17) is 0 Å². The quantitative estimate of drug-likeness (QED) is 0.822. The first-order valence-corrected chi connectivity index (χ1v) is 5.96. The molecule has 0 saturated carbocycles. The third-order valence-corrected chi connectivity index (χ3v) is 2.51. The summed E-state index contributed by atoms with van der Waals surface area (Å²) in [4.78, 5) is 11.8. The van der Waals surface area contributed by atoms with E-state index in [0.717, 1.165) is 0 Å². The molecule has 17 heavy (non-hydrogen) atoms. The van der Waals surface area contributed by atoms with Gasteiger partial charge in [-0.2, -0.15) is 0 Å². The molecule has 1 aromatic rings. The summed E-state index contributed by atoms with van der Waals surface area (Å²) in [5.74, 6) is 0.258. The zero-order valence-corrected chi connectivity index (χ0v) is 10.7. The van der Waals surface area contributed by atoms with E-state index in [2.05, 4.69) is 5.32 Å². The predicted octanol–water partition coefficient (Wildman–Crippen LogP) is 2.21. The molecule has 0 aliphatic carbocycles. The Bertz CT molecular complexity index is 358. The van der Waals surface area contributed by atoms with E-state index in [-0.39, 0.29) is 12.5 Å². The second-order valence-electron chi connectivity index (χ2n) is 5.14. The van der Waals surface area contributed by atoms with Gasteiger partial charge >= 0.3 is 0 Å². The van der Waals surface area contributed by atoms with Crippen molar-refractivity contribution in [2.75, 3.05) is 6.54 Å². The highest BCUT2D eigenvalue weighted by molar-refractivity contribution is 5.94. The normalized spacial score (nSPS) is 14.4. The molecule has 3 nitrogen and oxygen atoms in total. The number of amides is 1. The monoisotopic (exact) mass is 235 g/mol. The average Bonchev–Trinajstić information content (AvgIpc) is 2.25. The van der Waals surface area contributed by atoms with Gasteiger partial charge in [-0.15, -0.1) is 0 Å². The minimum absolute atomic E-state index is 0.144. The van der Waals surface area contributed by atoms with Crippen LogP contribution in [0.3, 0.4) is 0 Å². The van der Waals surface area contributed by atoms with Crippen LogP contribution in [0.2, 0.25) is 0 Å². The van der Waals surface area contributed by atoms with Crippen molar-refractivity contribution in [2.45, 2.75) is 32.8 Å². The smallest absolute Gasteiger partial charge is 0.251 e. The molecule has 2 N–H and O–H groups in total. The van der Waals surface area contributed by atoms with Gasteiger partial charge in [-0.25, -0.2) is 0 Å². The Hall–Kier alpha value is -1.35. The first-order chi connectivity index (χ1) is 7.91. The zero-order valence-electron chi connectivity index (χ0n) is 10.7. The summed E-state index contributed by atoms with van der Waals surface area (Å²) in [5, 5.41) is 12.8. The predicted molar refractivity (Wildman–Crippen MR) is 68.9 cm³/mol. The summed E-state index contributed by atoms with van der Waals surface area (Å²) in [6.45, 7) is 6.12. The van der Waals surface area contributed by atoms with Crippen molar-refractivity contribution in [1.82, 2.24) is 5.32 Å². The molecule has 1 atom stereocenters. The summed E-state index contributed by atoms with van der Waals surface area (Å²) in [5.41, 5.74) is -0.230. The van der Waals surface area contributed by atoms with Gasteiger partial charge in [-0.05, 0) is 31.4 Å². The Morgan fingerprint density at radius 3 is 2.47 bits per heavy atom. The van der Waals surface area contributed by atoms with Crippen LogP contribution in [0, 0.1) is 5.92 Å². The molecule has 0 saturated heterocycles. The number of hydrogen-bond donors (Lipinski definition) is 2. The van der Waals surface area contributed by atoms with E-state index in [1.807, 2.05) is 32.0 Å². The Balaban J connectivity index is 2.48. The van der Waals surface area contributed by atoms with Crippen molar-refractivity contribution in [1.29, 1.82) is 0 Å². The van der Waals surface area contributed by atoms with Crippen LogP contribution >= 0.6 is 0 Å². The molecule has 0 bridgehead atoms. The third-order valence-electron chi connectivity index (χ3n) is 2.51. The molecule has 1 unspecified atom stereocenters. The number of rotatable bonds is 5. The highest BCUT2D eigenvalue weighted by Gasteiger charge is 2.22. The van der Waals surface area contributed by atoms with E-state index < -0.39 is 5.60 Å². The summed E-state index contributed by atoms with van der Waals surface area (Å²) >= 11 is 0. The minimum atomic E-state index is -0.849. The number of aliphatic hydroxyl groups is 1. The van der Waals surface area contributed by atoms with Gasteiger partial charge in [0, 0.05) is 12.1 Å². The molecule has 0 aliphatic rings. The van der Waals surface area contributed by atoms with Gasteiger partial charge in [-0.3, -0.25) is 4.79 Å². The molecule has 0 aliphatic heterocycles. The molecular formula is C14H21NO2. The lowest BCUT2D eigenvalue weighted by Crippen LogP contribution is -2.41. The Labute approximate surface area is 103 Å². The third kappa shape index (κ3) is 5.00. The molecule has 0 fully saturated rings. The first kappa shape index (κ1) is 13.7. The highest BCUT2D eigenvalue weighted by atomic mass is 16.3. The lowest BCUT2D eigenvalue weighted by atomic mass is 9.94. The molecule has 1 rings (SSSR count). The Kier molecular flexibility index (Phi) is 4.70. The van der Waals surface area contributed by atoms with Gasteiger partial charge in [0.05, 0.1) is 5.60 Å². The number of carbonyl (C=O) groups is 1. The zero-order chi connectivity index (χ0) is 12.9. The van der Waals surface area contributed by atoms with Gasteiger partial charge < -0.3 is 10.4 Å². The van der Waals surface area contributed by atoms with Crippen molar-refractivity contribution < 1.29 is 9.90 Å². The summed E-state index contributed by atoms with van der Waals surface area (Å²) in [6.07, 6.45) is 0.669. The van der Waals surface area contributed by atoms with Crippen LogP contribution in [0.1, 0.15) is 37.6 Å². The van der Waals surface area contributed by atoms with E-state index >= 15 is 0 Å². The number of benzene rings is 1. The van der Waals surface area contributed by atoms with Crippen LogP contribution in [-0.2, 0) is 0 Å². The number of nitrogens with one attached hydrogen (secondary N) is 1. The van der Waals surface area contributed by atoms with Crippen LogP contribution in [0.25, 0.3) is 0 Å². The molecular weight excluding hydrogens is 214 g/mol. The van der Waals surface area contributed by atoms with Crippen molar-refractivity contribution in [3.63, 3.8) is 0 Å². The molecule has 3 heteroatoms. The van der Waals surface area contributed by atoms with Gasteiger partial charge in [0.2, 0.25) is 0 Å². The van der Waals surface area contributed by atoms with Gasteiger partial charge in [0.15, 0.2) is 0 Å². The maximum atomic E-state index is 11.8. The maximum Gasteiger partial charge on any atom is 0.251 e. The highest BCUT2D eigenvalue weighted by Crippen LogP contribution is 2.15. The Morgan fingerprint density at radius 2 is 1.94 bits per heavy atom. The largest absolute Gasteiger partial charge is 0.388 e. The molecule has 0 aromatic heterocycles. The van der Waals surface area contributed by atoms with Crippen LogP contribution < -0.4 is 5.32 Å². The minimum Gasteiger partial charge on any atom is -0.388 e.